The van der Waals surface area contributed by atoms with Crippen LogP contribution < -0.4 is 4.72 Å². The first-order valence-corrected chi connectivity index (χ1v) is 14.0. The third-order valence-electron chi connectivity index (χ3n) is 5.83. The monoisotopic (exact) mass is 559 g/mol. The van der Waals surface area contributed by atoms with Gasteiger partial charge in [0.1, 0.15) is 9.86 Å². The number of pyridine rings is 1. The highest BCUT2D eigenvalue weighted by Gasteiger charge is 2.19. The van der Waals surface area contributed by atoms with Crippen LogP contribution in [0.3, 0.4) is 0 Å². The van der Waals surface area contributed by atoms with Crippen LogP contribution in [0.15, 0.2) is 105 Å². The van der Waals surface area contributed by atoms with Crippen molar-refractivity contribution in [3.63, 3.8) is 0 Å². The van der Waals surface area contributed by atoms with Gasteiger partial charge in [0.05, 0.1) is 0 Å². The van der Waals surface area contributed by atoms with E-state index in [-0.39, 0.29) is 4.21 Å². The zero-order chi connectivity index (χ0) is 24.0. The van der Waals surface area contributed by atoms with Crippen molar-refractivity contribution in [2.24, 2.45) is 0 Å². The summed E-state index contributed by atoms with van der Waals surface area (Å²) in [6.45, 7) is 0. The second-order valence-electron chi connectivity index (χ2n) is 8.07. The number of aromatic nitrogens is 2. The molecule has 0 aliphatic carbocycles. The molecule has 2 N–H and O–H groups in total. The van der Waals surface area contributed by atoms with E-state index in [1.54, 1.807) is 23.6 Å². The maximum atomic E-state index is 12.8. The molecule has 0 saturated carbocycles. The minimum absolute atomic E-state index is 0.278. The van der Waals surface area contributed by atoms with E-state index in [1.807, 2.05) is 48.7 Å². The molecule has 0 radical (unpaired) electrons. The van der Waals surface area contributed by atoms with Gasteiger partial charge in [-0.25, -0.2) is 13.4 Å². The summed E-state index contributed by atoms with van der Waals surface area (Å²) in [6.07, 6.45) is 1.89. The predicted molar refractivity (Wildman–Crippen MR) is 147 cm³/mol. The molecule has 5 nitrogen and oxygen atoms in total. The fraction of sp³-hybridized carbons (Fsp3) is 0. The maximum Gasteiger partial charge on any atom is 0.271 e. The Morgan fingerprint density at radius 1 is 0.886 bits per heavy atom. The Morgan fingerprint density at radius 3 is 2.49 bits per heavy atom. The van der Waals surface area contributed by atoms with Crippen molar-refractivity contribution in [2.75, 3.05) is 4.72 Å². The van der Waals surface area contributed by atoms with Gasteiger partial charge in [-0.2, -0.15) is 0 Å². The standard InChI is InChI=1S/C27H18BrN3O2S2/c28-19-9-4-8-18(14-19)22-16-29-27-26(25(22)17-6-2-1-3-7-17)21-15-20(11-12-23(21)30-27)31-35(32,33)24-10-5-13-34-24/h1-16,31H,(H,29,30). The summed E-state index contributed by atoms with van der Waals surface area (Å²) in [7, 11) is -3.66. The van der Waals surface area contributed by atoms with E-state index in [9.17, 15) is 8.42 Å². The Morgan fingerprint density at radius 2 is 1.71 bits per heavy atom. The van der Waals surface area contributed by atoms with Crippen molar-refractivity contribution < 1.29 is 8.42 Å². The largest absolute Gasteiger partial charge is 0.339 e. The lowest BCUT2D eigenvalue weighted by Gasteiger charge is -2.13. The van der Waals surface area contributed by atoms with Crippen LogP contribution in [0.5, 0.6) is 0 Å². The van der Waals surface area contributed by atoms with E-state index < -0.39 is 10.0 Å². The zero-order valence-corrected chi connectivity index (χ0v) is 21.4. The Labute approximate surface area is 214 Å². The topological polar surface area (TPSA) is 74.8 Å². The first-order chi connectivity index (χ1) is 17.0. The molecule has 3 aromatic carbocycles. The third kappa shape index (κ3) is 4.03. The molecule has 3 aromatic heterocycles. The number of aromatic amines is 1. The van der Waals surface area contributed by atoms with Gasteiger partial charge in [0.2, 0.25) is 0 Å². The van der Waals surface area contributed by atoms with Gasteiger partial charge in [-0.3, -0.25) is 4.72 Å². The molecule has 3 heterocycles. The predicted octanol–water partition coefficient (Wildman–Crippen LogP) is 7.67. The van der Waals surface area contributed by atoms with Gasteiger partial charge in [-0.1, -0.05) is 64.5 Å². The maximum absolute atomic E-state index is 12.8. The van der Waals surface area contributed by atoms with Crippen molar-refractivity contribution in [3.05, 3.63) is 101 Å². The summed E-state index contributed by atoms with van der Waals surface area (Å²) in [4.78, 5) is 8.15. The van der Waals surface area contributed by atoms with Crippen LogP contribution in [0.1, 0.15) is 0 Å². The van der Waals surface area contributed by atoms with E-state index in [0.717, 1.165) is 48.7 Å². The Bertz CT molecular complexity index is 1800. The lowest BCUT2D eigenvalue weighted by molar-refractivity contribution is 0.603. The summed E-state index contributed by atoms with van der Waals surface area (Å²) in [5.41, 5.74) is 6.26. The van der Waals surface area contributed by atoms with E-state index in [1.165, 1.54) is 11.3 Å². The van der Waals surface area contributed by atoms with Crippen LogP contribution in [0.25, 0.3) is 44.2 Å². The van der Waals surface area contributed by atoms with Crippen LogP contribution in [-0.2, 0) is 10.0 Å². The fourth-order valence-corrected chi connectivity index (χ4v) is 6.76. The number of hydrogen-bond acceptors (Lipinski definition) is 4. The average molecular weight is 560 g/mol. The second kappa shape index (κ2) is 8.64. The van der Waals surface area contributed by atoms with Gasteiger partial charge in [0.15, 0.2) is 0 Å². The Balaban J connectivity index is 1.61. The molecule has 0 spiro atoms. The first kappa shape index (κ1) is 22.0. The third-order valence-corrected chi connectivity index (χ3v) is 9.10. The molecule has 0 bridgehead atoms. The smallest absolute Gasteiger partial charge is 0.271 e. The summed E-state index contributed by atoms with van der Waals surface area (Å²) in [5.74, 6) is 0. The summed E-state index contributed by atoms with van der Waals surface area (Å²) in [6, 6.07) is 27.2. The van der Waals surface area contributed by atoms with Gasteiger partial charge >= 0.3 is 0 Å². The van der Waals surface area contributed by atoms with Crippen LogP contribution in [0.2, 0.25) is 0 Å². The van der Waals surface area contributed by atoms with E-state index in [0.29, 0.717) is 5.69 Å². The Kier molecular flexibility index (Phi) is 5.44. The molecule has 0 unspecified atom stereocenters. The number of halogens is 1. The molecular formula is C27H18BrN3O2S2. The van der Waals surface area contributed by atoms with Crippen molar-refractivity contribution in [2.45, 2.75) is 4.21 Å². The lowest BCUT2D eigenvalue weighted by atomic mass is 9.93. The van der Waals surface area contributed by atoms with Crippen LogP contribution in [-0.4, -0.2) is 18.4 Å². The molecule has 0 aliphatic rings. The minimum atomic E-state index is -3.66. The van der Waals surface area contributed by atoms with Crippen molar-refractivity contribution in [1.29, 1.82) is 0 Å². The Hall–Kier alpha value is -3.46. The highest BCUT2D eigenvalue weighted by molar-refractivity contribution is 9.10. The molecule has 6 rings (SSSR count). The van der Waals surface area contributed by atoms with Gasteiger partial charge in [-0.05, 0) is 52.9 Å². The van der Waals surface area contributed by atoms with Crippen molar-refractivity contribution in [3.8, 4) is 22.3 Å². The van der Waals surface area contributed by atoms with Gasteiger partial charge in [0, 0.05) is 43.8 Å². The van der Waals surface area contributed by atoms with Crippen molar-refractivity contribution >= 4 is 64.9 Å². The molecule has 8 heteroatoms. The summed E-state index contributed by atoms with van der Waals surface area (Å²) in [5, 5.41) is 3.59. The summed E-state index contributed by atoms with van der Waals surface area (Å²) < 4.78 is 29.7. The first-order valence-electron chi connectivity index (χ1n) is 10.8. The number of anilines is 1. The molecule has 0 fully saturated rings. The number of nitrogens with zero attached hydrogens (tertiary/aromatic N) is 1. The minimum Gasteiger partial charge on any atom is -0.339 e. The molecule has 0 amide bonds. The molecule has 0 saturated heterocycles. The van der Waals surface area contributed by atoms with Gasteiger partial charge < -0.3 is 4.98 Å². The highest BCUT2D eigenvalue weighted by atomic mass is 79.9. The normalized spacial score (nSPS) is 11.8. The van der Waals surface area contributed by atoms with Gasteiger partial charge in [-0.15, -0.1) is 11.3 Å². The SMILES string of the molecule is O=S(=O)(Nc1ccc2[nH]c3ncc(-c4cccc(Br)c4)c(-c4ccccc4)c3c2c1)c1cccs1. The molecule has 0 aliphatic heterocycles. The molecule has 6 aromatic rings. The number of thiophene rings is 1. The second-order valence-corrected chi connectivity index (χ2v) is 11.8. The molecular weight excluding hydrogens is 542 g/mol. The number of nitrogens with one attached hydrogen (secondary N) is 2. The van der Waals surface area contributed by atoms with Crippen LogP contribution in [0, 0.1) is 0 Å². The summed E-state index contributed by atoms with van der Waals surface area (Å²) >= 11 is 4.77. The molecule has 35 heavy (non-hydrogen) atoms. The van der Waals surface area contributed by atoms with Crippen molar-refractivity contribution in [1.82, 2.24) is 9.97 Å². The lowest BCUT2D eigenvalue weighted by Crippen LogP contribution is -2.11. The quantitative estimate of drug-likeness (QED) is 0.227. The number of hydrogen-bond donors (Lipinski definition) is 2. The van der Waals surface area contributed by atoms with Gasteiger partial charge in [0.25, 0.3) is 10.0 Å². The van der Waals surface area contributed by atoms with E-state index >= 15 is 0 Å². The van der Waals surface area contributed by atoms with Crippen LogP contribution >= 0.6 is 27.3 Å². The fourth-order valence-electron chi connectivity index (χ4n) is 4.32. The van der Waals surface area contributed by atoms with Crippen LogP contribution in [0.4, 0.5) is 5.69 Å². The van der Waals surface area contributed by atoms with E-state index in [2.05, 4.69) is 49.9 Å². The number of H-pyrrole nitrogens is 1. The number of benzene rings is 3. The molecule has 0 atom stereocenters. The number of sulfonamides is 1. The molecule has 172 valence electrons. The number of fused-ring (bicyclic) bond motifs is 3. The van der Waals surface area contributed by atoms with E-state index in [4.69, 9.17) is 4.98 Å². The number of rotatable bonds is 5. The average Bonchev–Trinajstić information content (AvgIpc) is 3.53. The highest BCUT2D eigenvalue weighted by Crippen LogP contribution is 2.41. The zero-order valence-electron chi connectivity index (χ0n) is 18.2.